The highest BCUT2D eigenvalue weighted by Crippen LogP contribution is 2.26. The maximum Gasteiger partial charge on any atom is 0.303 e. The highest BCUT2D eigenvalue weighted by molar-refractivity contribution is 5.70. The van der Waals surface area contributed by atoms with Gasteiger partial charge in [0.2, 0.25) is 0 Å². The lowest BCUT2D eigenvalue weighted by atomic mass is 9.94. The molecule has 0 amide bonds. The van der Waals surface area contributed by atoms with Crippen LogP contribution >= 0.6 is 0 Å². The fraction of sp³-hybridized carbons (Fsp3) is 0.188. The summed E-state index contributed by atoms with van der Waals surface area (Å²) in [7, 11) is 0. The molecule has 0 aliphatic heterocycles. The van der Waals surface area contributed by atoms with Gasteiger partial charge < -0.3 is 5.11 Å². The van der Waals surface area contributed by atoms with E-state index < -0.39 is 5.97 Å². The van der Waals surface area contributed by atoms with Crippen LogP contribution in [0.4, 0.5) is 0 Å². The Morgan fingerprint density at radius 2 is 1.78 bits per heavy atom. The number of benzene rings is 2. The highest BCUT2D eigenvalue weighted by Gasteiger charge is 2.07. The number of rotatable bonds is 4. The fourth-order valence-corrected chi connectivity index (χ4v) is 2.13. The van der Waals surface area contributed by atoms with E-state index >= 15 is 0 Å². The molecule has 0 unspecified atom stereocenters. The summed E-state index contributed by atoms with van der Waals surface area (Å²) in [5.41, 5.74) is 4.63. The van der Waals surface area contributed by atoms with Gasteiger partial charge in [-0.2, -0.15) is 0 Å². The lowest BCUT2D eigenvalue weighted by molar-refractivity contribution is -0.136. The highest BCUT2D eigenvalue weighted by atomic mass is 16.4. The van der Waals surface area contributed by atoms with E-state index in [4.69, 9.17) is 5.11 Å². The van der Waals surface area contributed by atoms with E-state index in [0.717, 1.165) is 5.56 Å². The minimum atomic E-state index is -0.750. The molecule has 0 heterocycles. The molecule has 0 radical (unpaired) electrons. The summed E-state index contributed by atoms with van der Waals surface area (Å²) < 4.78 is 0. The first-order valence-corrected chi connectivity index (χ1v) is 6.04. The van der Waals surface area contributed by atoms with Gasteiger partial charge in [0.1, 0.15) is 0 Å². The van der Waals surface area contributed by atoms with Crippen LogP contribution in [0, 0.1) is 6.92 Å². The number of hydrogen-bond donors (Lipinski definition) is 1. The Kier molecular flexibility index (Phi) is 3.78. The molecular weight excluding hydrogens is 224 g/mol. The minimum Gasteiger partial charge on any atom is -0.481 e. The summed E-state index contributed by atoms with van der Waals surface area (Å²) in [6.07, 6.45) is 0.765. The molecule has 2 nitrogen and oxygen atoms in total. The summed E-state index contributed by atoms with van der Waals surface area (Å²) in [6, 6.07) is 16.2. The zero-order chi connectivity index (χ0) is 13.0. The van der Waals surface area contributed by atoms with Crippen LogP contribution in [0.1, 0.15) is 17.5 Å². The zero-order valence-corrected chi connectivity index (χ0v) is 10.4. The maximum absolute atomic E-state index is 10.6. The lowest BCUT2D eigenvalue weighted by Crippen LogP contribution is -1.99. The molecule has 0 saturated heterocycles. The molecule has 0 bridgehead atoms. The number of hydrogen-bond acceptors (Lipinski definition) is 1. The molecule has 1 N–H and O–H groups in total. The van der Waals surface area contributed by atoms with Crippen molar-refractivity contribution in [2.45, 2.75) is 19.8 Å². The van der Waals surface area contributed by atoms with E-state index in [2.05, 4.69) is 25.1 Å². The van der Waals surface area contributed by atoms with Crippen molar-refractivity contribution in [2.75, 3.05) is 0 Å². The third kappa shape index (κ3) is 2.77. The van der Waals surface area contributed by atoms with Gasteiger partial charge in [0, 0.05) is 6.42 Å². The number of carboxylic acids is 1. The van der Waals surface area contributed by atoms with E-state index in [9.17, 15) is 4.79 Å². The smallest absolute Gasteiger partial charge is 0.303 e. The van der Waals surface area contributed by atoms with Crippen LogP contribution in [-0.2, 0) is 11.2 Å². The summed E-state index contributed by atoms with van der Waals surface area (Å²) in [5.74, 6) is -0.750. The molecule has 0 saturated carbocycles. The quantitative estimate of drug-likeness (QED) is 0.885. The standard InChI is InChI=1S/C16H16O2/c1-12-13(10-11-16(17)18)8-5-9-15(12)14-6-3-2-4-7-14/h2-9H,10-11H2,1H3,(H,17,18). The molecule has 2 rings (SSSR count). The molecule has 0 aliphatic rings. The molecule has 2 heteroatoms. The number of aryl methyl sites for hydroxylation is 1. The first-order valence-electron chi connectivity index (χ1n) is 6.04. The van der Waals surface area contributed by atoms with E-state index in [1.807, 2.05) is 30.3 Å². The largest absolute Gasteiger partial charge is 0.481 e. The molecule has 2 aromatic carbocycles. The topological polar surface area (TPSA) is 37.3 Å². The van der Waals surface area contributed by atoms with Gasteiger partial charge in [-0.3, -0.25) is 4.79 Å². The fourth-order valence-electron chi connectivity index (χ4n) is 2.13. The molecular formula is C16H16O2. The first kappa shape index (κ1) is 12.4. The summed E-state index contributed by atoms with van der Waals surface area (Å²) in [5, 5.41) is 8.75. The summed E-state index contributed by atoms with van der Waals surface area (Å²) in [6.45, 7) is 2.06. The van der Waals surface area contributed by atoms with Gasteiger partial charge in [-0.1, -0.05) is 48.5 Å². The Labute approximate surface area is 107 Å². The first-order chi connectivity index (χ1) is 8.68. The second kappa shape index (κ2) is 5.50. The molecule has 18 heavy (non-hydrogen) atoms. The van der Waals surface area contributed by atoms with Crippen molar-refractivity contribution in [2.24, 2.45) is 0 Å². The van der Waals surface area contributed by atoms with Crippen molar-refractivity contribution < 1.29 is 9.90 Å². The number of carbonyl (C=O) groups is 1. The van der Waals surface area contributed by atoms with Gasteiger partial charge in [0.05, 0.1) is 0 Å². The normalized spacial score (nSPS) is 10.3. The predicted octanol–water partition coefficient (Wildman–Crippen LogP) is 3.68. The number of aliphatic carboxylic acids is 1. The minimum absolute atomic E-state index is 0.180. The average molecular weight is 240 g/mol. The monoisotopic (exact) mass is 240 g/mol. The molecule has 92 valence electrons. The Morgan fingerprint density at radius 3 is 2.44 bits per heavy atom. The third-order valence-electron chi connectivity index (χ3n) is 3.14. The van der Waals surface area contributed by atoms with Crippen LogP contribution in [0.2, 0.25) is 0 Å². The summed E-state index contributed by atoms with van der Waals surface area (Å²) in [4.78, 5) is 10.6. The van der Waals surface area contributed by atoms with E-state index in [1.54, 1.807) is 0 Å². The Bertz CT molecular complexity index is 544. The predicted molar refractivity (Wildman–Crippen MR) is 72.6 cm³/mol. The Balaban J connectivity index is 2.33. The Morgan fingerprint density at radius 1 is 1.06 bits per heavy atom. The second-order valence-electron chi connectivity index (χ2n) is 4.35. The van der Waals surface area contributed by atoms with Gasteiger partial charge in [-0.15, -0.1) is 0 Å². The van der Waals surface area contributed by atoms with Crippen molar-refractivity contribution in [3.8, 4) is 11.1 Å². The second-order valence-corrected chi connectivity index (χ2v) is 4.35. The molecule has 0 atom stereocenters. The van der Waals surface area contributed by atoms with Crippen LogP contribution in [0.5, 0.6) is 0 Å². The molecule has 0 spiro atoms. The van der Waals surface area contributed by atoms with Gasteiger partial charge in [-0.05, 0) is 35.6 Å². The van der Waals surface area contributed by atoms with Gasteiger partial charge in [-0.25, -0.2) is 0 Å². The van der Waals surface area contributed by atoms with Crippen LogP contribution in [0.3, 0.4) is 0 Å². The number of carboxylic acid groups (broad SMARTS) is 1. The van der Waals surface area contributed by atoms with Gasteiger partial charge in [0.25, 0.3) is 0 Å². The van der Waals surface area contributed by atoms with Crippen LogP contribution in [0.15, 0.2) is 48.5 Å². The molecule has 0 fully saturated rings. The van der Waals surface area contributed by atoms with Crippen LogP contribution in [0.25, 0.3) is 11.1 Å². The van der Waals surface area contributed by atoms with Crippen LogP contribution in [-0.4, -0.2) is 11.1 Å². The Hall–Kier alpha value is -2.09. The SMILES string of the molecule is Cc1c(CCC(=O)O)cccc1-c1ccccc1. The summed E-state index contributed by atoms with van der Waals surface area (Å²) >= 11 is 0. The average Bonchev–Trinajstić information content (AvgIpc) is 2.38. The van der Waals surface area contributed by atoms with Gasteiger partial charge in [0.15, 0.2) is 0 Å². The van der Waals surface area contributed by atoms with E-state index in [0.29, 0.717) is 6.42 Å². The molecule has 0 aromatic heterocycles. The molecule has 2 aromatic rings. The van der Waals surface area contributed by atoms with Crippen molar-refractivity contribution in [3.63, 3.8) is 0 Å². The lowest BCUT2D eigenvalue weighted by Gasteiger charge is -2.10. The maximum atomic E-state index is 10.6. The van der Waals surface area contributed by atoms with Crippen molar-refractivity contribution in [1.29, 1.82) is 0 Å². The van der Waals surface area contributed by atoms with Crippen LogP contribution < -0.4 is 0 Å². The van der Waals surface area contributed by atoms with Crippen molar-refractivity contribution in [1.82, 2.24) is 0 Å². The van der Waals surface area contributed by atoms with Crippen molar-refractivity contribution >= 4 is 5.97 Å². The van der Waals surface area contributed by atoms with E-state index in [1.165, 1.54) is 16.7 Å². The third-order valence-corrected chi connectivity index (χ3v) is 3.14. The van der Waals surface area contributed by atoms with E-state index in [-0.39, 0.29) is 6.42 Å². The van der Waals surface area contributed by atoms with Gasteiger partial charge >= 0.3 is 5.97 Å². The molecule has 0 aliphatic carbocycles. The zero-order valence-electron chi connectivity index (χ0n) is 10.4. The van der Waals surface area contributed by atoms with Crippen molar-refractivity contribution in [3.05, 3.63) is 59.7 Å².